The average molecular weight is 326 g/mol. The first-order chi connectivity index (χ1) is 11.7. The first-order valence-electron chi connectivity index (χ1n) is 8.46. The average Bonchev–Trinajstić information content (AvgIpc) is 2.64. The predicted molar refractivity (Wildman–Crippen MR) is 96.9 cm³/mol. The Bertz CT molecular complexity index is 625. The molecule has 0 bridgehead atoms. The van der Waals surface area contributed by atoms with Gasteiger partial charge in [0.05, 0.1) is 6.54 Å². The maximum absolute atomic E-state index is 12.0. The molecule has 0 atom stereocenters. The van der Waals surface area contributed by atoms with Gasteiger partial charge < -0.3 is 10.1 Å². The van der Waals surface area contributed by atoms with Gasteiger partial charge in [0.2, 0.25) is 5.91 Å². The molecule has 1 N–H and O–H groups in total. The van der Waals surface area contributed by atoms with Crippen molar-refractivity contribution in [3.8, 4) is 5.75 Å². The molecule has 0 radical (unpaired) electrons. The van der Waals surface area contributed by atoms with E-state index < -0.39 is 0 Å². The van der Waals surface area contributed by atoms with Crippen LogP contribution in [0.5, 0.6) is 5.75 Å². The number of amides is 1. The Kier molecular flexibility index (Phi) is 7.30. The molecule has 0 aliphatic carbocycles. The molecule has 2 rings (SSSR count). The number of para-hydroxylation sites is 1. The lowest BCUT2D eigenvalue weighted by molar-refractivity contribution is -0.122. The van der Waals surface area contributed by atoms with E-state index in [1.165, 1.54) is 0 Å². The monoisotopic (exact) mass is 326 g/mol. The van der Waals surface area contributed by atoms with Crippen LogP contribution in [0.3, 0.4) is 0 Å². The Balaban J connectivity index is 1.83. The largest absolute Gasteiger partial charge is 0.489 e. The summed E-state index contributed by atoms with van der Waals surface area (Å²) in [5.41, 5.74) is 2.17. The molecule has 0 heterocycles. The van der Waals surface area contributed by atoms with Gasteiger partial charge in [0, 0.05) is 6.54 Å². The molecule has 0 aromatic heterocycles. The van der Waals surface area contributed by atoms with E-state index in [0.717, 1.165) is 30.0 Å². The second kappa shape index (κ2) is 9.73. The highest BCUT2D eigenvalue weighted by molar-refractivity contribution is 5.78. The zero-order chi connectivity index (χ0) is 17.2. The quantitative estimate of drug-likeness (QED) is 0.769. The second-order valence-electron chi connectivity index (χ2n) is 5.66. The molecule has 0 spiro atoms. The van der Waals surface area contributed by atoms with E-state index in [9.17, 15) is 4.79 Å². The summed E-state index contributed by atoms with van der Waals surface area (Å²) in [6.45, 7) is 7.40. The van der Waals surface area contributed by atoms with E-state index >= 15 is 0 Å². The van der Waals surface area contributed by atoms with Crippen molar-refractivity contribution in [3.63, 3.8) is 0 Å². The number of carbonyl (C=O) groups excluding carboxylic acids is 1. The highest BCUT2D eigenvalue weighted by Crippen LogP contribution is 2.12. The number of rotatable bonds is 9. The summed E-state index contributed by atoms with van der Waals surface area (Å²) >= 11 is 0. The fraction of sp³-hybridized carbons (Fsp3) is 0.350. The van der Waals surface area contributed by atoms with Gasteiger partial charge in [0.25, 0.3) is 0 Å². The lowest BCUT2D eigenvalue weighted by Crippen LogP contribution is -2.36. The third kappa shape index (κ3) is 6.05. The van der Waals surface area contributed by atoms with Crippen molar-refractivity contribution < 1.29 is 9.53 Å². The van der Waals surface area contributed by atoms with Crippen LogP contribution in [0, 0.1) is 0 Å². The topological polar surface area (TPSA) is 41.6 Å². The second-order valence-corrected chi connectivity index (χ2v) is 5.66. The number of likely N-dealkylation sites (N-methyl/N-ethyl adjacent to an activating group) is 1. The van der Waals surface area contributed by atoms with E-state index in [1.54, 1.807) is 0 Å². The summed E-state index contributed by atoms with van der Waals surface area (Å²) in [5.74, 6) is 0.917. The van der Waals surface area contributed by atoms with Crippen LogP contribution >= 0.6 is 0 Å². The Labute approximate surface area is 144 Å². The van der Waals surface area contributed by atoms with Crippen LogP contribution in [0.2, 0.25) is 0 Å². The van der Waals surface area contributed by atoms with Gasteiger partial charge >= 0.3 is 0 Å². The molecule has 24 heavy (non-hydrogen) atoms. The SMILES string of the molecule is CCN(CC)CC(=O)NCc1cccc(COc2ccccc2)c1. The maximum atomic E-state index is 12.0. The van der Waals surface area contributed by atoms with Gasteiger partial charge in [-0.05, 0) is 36.3 Å². The van der Waals surface area contributed by atoms with Gasteiger partial charge in [-0.2, -0.15) is 0 Å². The fourth-order valence-corrected chi connectivity index (χ4v) is 2.42. The molecule has 128 valence electrons. The molecule has 2 aromatic rings. The summed E-state index contributed by atoms with van der Waals surface area (Å²) in [6.07, 6.45) is 0. The molecule has 1 amide bonds. The summed E-state index contributed by atoms with van der Waals surface area (Å²) in [5, 5.41) is 2.98. The van der Waals surface area contributed by atoms with Crippen LogP contribution < -0.4 is 10.1 Å². The van der Waals surface area contributed by atoms with Gasteiger partial charge in [-0.1, -0.05) is 56.3 Å². The molecule has 0 unspecified atom stereocenters. The van der Waals surface area contributed by atoms with Crippen molar-refractivity contribution in [2.24, 2.45) is 0 Å². The van der Waals surface area contributed by atoms with E-state index in [2.05, 4.69) is 30.1 Å². The Morgan fingerprint density at radius 2 is 1.71 bits per heavy atom. The molecule has 4 nitrogen and oxygen atoms in total. The molecule has 0 fully saturated rings. The summed E-state index contributed by atoms with van der Waals surface area (Å²) < 4.78 is 5.76. The van der Waals surface area contributed by atoms with Crippen LogP contribution in [0.1, 0.15) is 25.0 Å². The summed E-state index contributed by atoms with van der Waals surface area (Å²) in [6, 6.07) is 17.9. The van der Waals surface area contributed by atoms with Gasteiger partial charge in [-0.3, -0.25) is 9.69 Å². The third-order valence-electron chi connectivity index (χ3n) is 3.89. The molecule has 0 aliphatic heterocycles. The Morgan fingerprint density at radius 1 is 1.00 bits per heavy atom. The standard InChI is InChI=1S/C20H26N2O2/c1-3-22(4-2)15-20(23)21-14-17-9-8-10-18(13-17)16-24-19-11-6-5-7-12-19/h5-13H,3-4,14-16H2,1-2H3,(H,21,23). The summed E-state index contributed by atoms with van der Waals surface area (Å²) in [4.78, 5) is 14.1. The zero-order valence-corrected chi connectivity index (χ0v) is 14.5. The van der Waals surface area contributed by atoms with Gasteiger partial charge in [-0.15, -0.1) is 0 Å². The third-order valence-corrected chi connectivity index (χ3v) is 3.89. The number of nitrogens with zero attached hydrogens (tertiary/aromatic N) is 1. The number of hydrogen-bond donors (Lipinski definition) is 1. The maximum Gasteiger partial charge on any atom is 0.234 e. The van der Waals surface area contributed by atoms with Crippen molar-refractivity contribution in [1.82, 2.24) is 10.2 Å². The minimum absolute atomic E-state index is 0.0599. The molecular formula is C20H26N2O2. The van der Waals surface area contributed by atoms with Crippen LogP contribution in [-0.4, -0.2) is 30.4 Å². The Morgan fingerprint density at radius 3 is 2.42 bits per heavy atom. The smallest absolute Gasteiger partial charge is 0.234 e. The lowest BCUT2D eigenvalue weighted by Gasteiger charge is -2.17. The van der Waals surface area contributed by atoms with E-state index in [0.29, 0.717) is 19.7 Å². The zero-order valence-electron chi connectivity index (χ0n) is 14.5. The highest BCUT2D eigenvalue weighted by atomic mass is 16.5. The van der Waals surface area contributed by atoms with Crippen molar-refractivity contribution >= 4 is 5.91 Å². The van der Waals surface area contributed by atoms with Crippen molar-refractivity contribution in [3.05, 3.63) is 65.7 Å². The van der Waals surface area contributed by atoms with Gasteiger partial charge in [0.1, 0.15) is 12.4 Å². The van der Waals surface area contributed by atoms with Gasteiger partial charge in [0.15, 0.2) is 0 Å². The fourth-order valence-electron chi connectivity index (χ4n) is 2.42. The normalized spacial score (nSPS) is 10.6. The van der Waals surface area contributed by atoms with Crippen molar-refractivity contribution in [1.29, 1.82) is 0 Å². The van der Waals surface area contributed by atoms with Crippen molar-refractivity contribution in [2.75, 3.05) is 19.6 Å². The first-order valence-corrected chi connectivity index (χ1v) is 8.46. The number of carbonyl (C=O) groups is 1. The van der Waals surface area contributed by atoms with Crippen LogP contribution in [-0.2, 0) is 17.9 Å². The predicted octanol–water partition coefficient (Wildman–Crippen LogP) is 3.22. The minimum atomic E-state index is 0.0599. The first kappa shape index (κ1) is 18.0. The van der Waals surface area contributed by atoms with Crippen LogP contribution in [0.4, 0.5) is 0 Å². The number of hydrogen-bond acceptors (Lipinski definition) is 3. The minimum Gasteiger partial charge on any atom is -0.489 e. The molecular weight excluding hydrogens is 300 g/mol. The molecule has 4 heteroatoms. The number of nitrogens with one attached hydrogen (secondary N) is 1. The van der Waals surface area contributed by atoms with Gasteiger partial charge in [-0.25, -0.2) is 0 Å². The molecule has 0 saturated heterocycles. The number of ether oxygens (including phenoxy) is 1. The van der Waals surface area contributed by atoms with Crippen LogP contribution in [0.15, 0.2) is 54.6 Å². The molecule has 0 saturated carbocycles. The van der Waals surface area contributed by atoms with E-state index in [4.69, 9.17) is 4.74 Å². The van der Waals surface area contributed by atoms with E-state index in [-0.39, 0.29) is 5.91 Å². The number of benzene rings is 2. The Hall–Kier alpha value is -2.33. The molecule has 2 aromatic carbocycles. The highest BCUT2D eigenvalue weighted by Gasteiger charge is 2.07. The van der Waals surface area contributed by atoms with E-state index in [1.807, 2.05) is 48.5 Å². The lowest BCUT2D eigenvalue weighted by atomic mass is 10.1. The summed E-state index contributed by atoms with van der Waals surface area (Å²) in [7, 11) is 0. The van der Waals surface area contributed by atoms with Crippen LogP contribution in [0.25, 0.3) is 0 Å². The molecule has 0 aliphatic rings. The van der Waals surface area contributed by atoms with Crippen molar-refractivity contribution in [2.45, 2.75) is 27.0 Å².